The number of piperidine rings is 1. The average molecular weight is 280 g/mol. The molecule has 1 aliphatic heterocycles. The number of anilines is 1. The summed E-state index contributed by atoms with van der Waals surface area (Å²) in [5.74, 6) is -0.206. The van der Waals surface area contributed by atoms with E-state index in [4.69, 9.17) is 15.3 Å². The molecule has 6 heteroatoms. The molecule has 2 N–H and O–H groups in total. The first kappa shape index (κ1) is 14.5. The molecule has 0 amide bonds. The van der Waals surface area contributed by atoms with Crippen molar-refractivity contribution in [2.24, 2.45) is 0 Å². The van der Waals surface area contributed by atoms with Gasteiger partial charge < -0.3 is 20.2 Å². The summed E-state index contributed by atoms with van der Waals surface area (Å²) in [7, 11) is 0. The minimum Gasteiger partial charge on any atom is -0.490 e. The number of aliphatic hydroxyl groups excluding tert-OH is 1. The Kier molecular flexibility index (Phi) is 4.68. The zero-order valence-corrected chi connectivity index (χ0v) is 11.1. The molecular weight excluding hydrogens is 263 g/mol. The lowest BCUT2D eigenvalue weighted by Gasteiger charge is -2.30. The summed E-state index contributed by atoms with van der Waals surface area (Å²) in [5, 5.41) is 16.3. The standard InChI is InChI=1S/C14H17FN2O3/c15-12-7-10(9-19)14(20-6-5-18)8-13(12)17-3-1-11(16)2-4-17/h7-9,16,18H,1-6H2. The maximum atomic E-state index is 14.1. The molecule has 2 rings (SSSR count). The van der Waals surface area contributed by atoms with Gasteiger partial charge >= 0.3 is 0 Å². The maximum Gasteiger partial charge on any atom is 0.153 e. The van der Waals surface area contributed by atoms with Crippen LogP contribution in [-0.2, 0) is 0 Å². The SMILES string of the molecule is N=C1CCN(c2cc(OCCO)c(C=O)cc2F)CC1. The quantitative estimate of drug-likeness (QED) is 0.804. The Hall–Kier alpha value is -1.95. The van der Waals surface area contributed by atoms with Crippen molar-refractivity contribution < 1.29 is 19.0 Å². The van der Waals surface area contributed by atoms with Crippen molar-refractivity contribution >= 4 is 17.7 Å². The molecule has 0 spiro atoms. The van der Waals surface area contributed by atoms with Gasteiger partial charge in [-0.25, -0.2) is 4.39 Å². The van der Waals surface area contributed by atoms with Gasteiger partial charge in [0.2, 0.25) is 0 Å². The highest BCUT2D eigenvalue weighted by molar-refractivity contribution is 5.84. The first-order valence-corrected chi connectivity index (χ1v) is 6.49. The Morgan fingerprint density at radius 3 is 2.70 bits per heavy atom. The molecule has 1 heterocycles. The number of hydrogen-bond donors (Lipinski definition) is 2. The molecule has 0 radical (unpaired) electrons. The van der Waals surface area contributed by atoms with E-state index in [9.17, 15) is 9.18 Å². The lowest BCUT2D eigenvalue weighted by atomic mass is 10.1. The fraction of sp³-hybridized carbons (Fsp3) is 0.429. The second-order valence-electron chi connectivity index (χ2n) is 4.62. The number of benzene rings is 1. The van der Waals surface area contributed by atoms with Crippen molar-refractivity contribution in [2.75, 3.05) is 31.2 Å². The molecule has 20 heavy (non-hydrogen) atoms. The summed E-state index contributed by atoms with van der Waals surface area (Å²) >= 11 is 0. The van der Waals surface area contributed by atoms with E-state index in [1.165, 1.54) is 6.07 Å². The van der Waals surface area contributed by atoms with Gasteiger partial charge in [0.05, 0.1) is 17.9 Å². The van der Waals surface area contributed by atoms with Crippen LogP contribution in [0.2, 0.25) is 0 Å². The number of halogens is 1. The van der Waals surface area contributed by atoms with Crippen LogP contribution in [0.25, 0.3) is 0 Å². The van der Waals surface area contributed by atoms with Crippen LogP contribution in [0.4, 0.5) is 10.1 Å². The van der Waals surface area contributed by atoms with Gasteiger partial charge in [0, 0.05) is 37.7 Å². The first-order chi connectivity index (χ1) is 9.65. The van der Waals surface area contributed by atoms with Gasteiger partial charge in [-0.15, -0.1) is 0 Å². The van der Waals surface area contributed by atoms with Gasteiger partial charge in [0.25, 0.3) is 0 Å². The van der Waals surface area contributed by atoms with Gasteiger partial charge in [-0.2, -0.15) is 0 Å². The van der Waals surface area contributed by atoms with E-state index >= 15 is 0 Å². The summed E-state index contributed by atoms with van der Waals surface area (Å²) in [5.41, 5.74) is 1.17. The number of aliphatic hydroxyl groups is 1. The van der Waals surface area contributed by atoms with Crippen LogP contribution in [-0.4, -0.2) is 43.4 Å². The lowest BCUT2D eigenvalue weighted by molar-refractivity contribution is 0.111. The minimum atomic E-state index is -0.475. The zero-order chi connectivity index (χ0) is 14.5. The lowest BCUT2D eigenvalue weighted by Crippen LogP contribution is -2.34. The van der Waals surface area contributed by atoms with Crippen molar-refractivity contribution in [1.82, 2.24) is 0 Å². The van der Waals surface area contributed by atoms with E-state index in [2.05, 4.69) is 0 Å². The number of aldehydes is 1. The largest absolute Gasteiger partial charge is 0.490 e. The summed E-state index contributed by atoms with van der Waals surface area (Å²) in [6, 6.07) is 2.64. The third-order valence-electron chi connectivity index (χ3n) is 3.26. The third kappa shape index (κ3) is 3.14. The highest BCUT2D eigenvalue weighted by Gasteiger charge is 2.19. The molecule has 5 nitrogen and oxygen atoms in total. The average Bonchev–Trinajstić information content (AvgIpc) is 2.46. The fourth-order valence-electron chi connectivity index (χ4n) is 2.19. The Labute approximate surface area is 116 Å². The van der Waals surface area contributed by atoms with E-state index < -0.39 is 5.82 Å². The summed E-state index contributed by atoms with van der Waals surface area (Å²) in [4.78, 5) is 12.8. The Bertz CT molecular complexity index is 509. The molecule has 108 valence electrons. The van der Waals surface area contributed by atoms with Gasteiger partial charge in [-0.1, -0.05) is 0 Å². The molecule has 0 saturated carbocycles. The van der Waals surface area contributed by atoms with Crippen LogP contribution < -0.4 is 9.64 Å². The normalized spacial score (nSPS) is 15.3. The summed E-state index contributed by atoms with van der Waals surface area (Å²) in [6.45, 7) is 1.04. The number of rotatable bonds is 5. The number of carbonyl (C=O) groups excluding carboxylic acids is 1. The van der Waals surface area contributed by atoms with Crippen LogP contribution in [0.5, 0.6) is 5.75 Å². The summed E-state index contributed by atoms with van der Waals surface area (Å²) in [6.07, 6.45) is 1.76. The van der Waals surface area contributed by atoms with E-state index in [0.29, 0.717) is 43.6 Å². The highest BCUT2D eigenvalue weighted by atomic mass is 19.1. The van der Waals surface area contributed by atoms with Crippen LogP contribution in [0.3, 0.4) is 0 Å². The number of carbonyl (C=O) groups is 1. The molecule has 1 aromatic rings. The molecule has 0 atom stereocenters. The van der Waals surface area contributed by atoms with Gasteiger partial charge in [-0.3, -0.25) is 4.79 Å². The van der Waals surface area contributed by atoms with Crippen molar-refractivity contribution in [3.05, 3.63) is 23.5 Å². The molecule has 1 fully saturated rings. The molecule has 0 aromatic heterocycles. The van der Waals surface area contributed by atoms with Crippen LogP contribution in [0, 0.1) is 11.2 Å². The molecule has 1 aliphatic rings. The molecule has 1 aromatic carbocycles. The number of ether oxygens (including phenoxy) is 1. The Balaban J connectivity index is 2.27. The number of hydrogen-bond acceptors (Lipinski definition) is 5. The molecule has 0 unspecified atom stereocenters. The second-order valence-corrected chi connectivity index (χ2v) is 4.62. The highest BCUT2D eigenvalue weighted by Crippen LogP contribution is 2.29. The minimum absolute atomic E-state index is 0.0521. The molecular formula is C14H17FN2O3. The van der Waals surface area contributed by atoms with E-state index in [0.717, 1.165) is 6.07 Å². The number of nitrogens with one attached hydrogen (secondary N) is 1. The Morgan fingerprint density at radius 1 is 1.40 bits per heavy atom. The molecule has 0 aliphatic carbocycles. The van der Waals surface area contributed by atoms with Crippen LogP contribution in [0.15, 0.2) is 12.1 Å². The maximum absolute atomic E-state index is 14.1. The van der Waals surface area contributed by atoms with Crippen molar-refractivity contribution in [3.63, 3.8) is 0 Å². The fourth-order valence-corrected chi connectivity index (χ4v) is 2.19. The monoisotopic (exact) mass is 280 g/mol. The van der Waals surface area contributed by atoms with Crippen molar-refractivity contribution in [2.45, 2.75) is 12.8 Å². The first-order valence-electron chi connectivity index (χ1n) is 6.49. The van der Waals surface area contributed by atoms with Gasteiger partial charge in [0.15, 0.2) is 6.29 Å². The van der Waals surface area contributed by atoms with Crippen LogP contribution in [0.1, 0.15) is 23.2 Å². The predicted molar refractivity (Wildman–Crippen MR) is 73.5 cm³/mol. The number of nitrogens with zero attached hydrogens (tertiary/aromatic N) is 1. The third-order valence-corrected chi connectivity index (χ3v) is 3.26. The van der Waals surface area contributed by atoms with Crippen molar-refractivity contribution in [3.8, 4) is 5.75 Å². The predicted octanol–water partition coefficient (Wildman–Crippen LogP) is 1.63. The van der Waals surface area contributed by atoms with E-state index in [-0.39, 0.29) is 24.5 Å². The topological polar surface area (TPSA) is 73.6 Å². The smallest absolute Gasteiger partial charge is 0.153 e. The van der Waals surface area contributed by atoms with Gasteiger partial charge in [0.1, 0.15) is 18.2 Å². The molecule has 0 bridgehead atoms. The zero-order valence-electron chi connectivity index (χ0n) is 11.1. The van der Waals surface area contributed by atoms with Crippen molar-refractivity contribution in [1.29, 1.82) is 5.41 Å². The van der Waals surface area contributed by atoms with Crippen LogP contribution >= 0.6 is 0 Å². The summed E-state index contributed by atoms with van der Waals surface area (Å²) < 4.78 is 19.3. The Morgan fingerprint density at radius 2 is 2.10 bits per heavy atom. The second kappa shape index (κ2) is 6.47. The van der Waals surface area contributed by atoms with Gasteiger partial charge in [-0.05, 0) is 6.07 Å². The van der Waals surface area contributed by atoms with E-state index in [1.54, 1.807) is 0 Å². The van der Waals surface area contributed by atoms with E-state index in [1.807, 2.05) is 4.90 Å². The molecule has 1 saturated heterocycles.